The van der Waals surface area contributed by atoms with E-state index >= 15 is 0 Å². The molecule has 110 valence electrons. The third kappa shape index (κ3) is 3.86. The van der Waals surface area contributed by atoms with E-state index in [1.807, 2.05) is 0 Å². The van der Waals surface area contributed by atoms with Crippen LogP contribution in [-0.2, 0) is 9.53 Å². The number of nitrogens with one attached hydrogen (secondary N) is 1. The molecule has 0 spiro atoms. The lowest BCUT2D eigenvalue weighted by atomic mass is 10.1. The number of ether oxygens (including phenoxy) is 1. The van der Waals surface area contributed by atoms with Crippen molar-refractivity contribution in [1.82, 2.24) is 5.32 Å². The summed E-state index contributed by atoms with van der Waals surface area (Å²) in [5, 5.41) is 11.5. The first kappa shape index (κ1) is 15.1. The van der Waals surface area contributed by atoms with Gasteiger partial charge in [0.25, 0.3) is 5.91 Å². The molecule has 1 saturated heterocycles. The summed E-state index contributed by atoms with van der Waals surface area (Å²) in [6.07, 6.45) is 2.77. The molecule has 1 heterocycles. The van der Waals surface area contributed by atoms with Gasteiger partial charge < -0.3 is 10.1 Å². The lowest BCUT2D eigenvalue weighted by Crippen LogP contribution is -2.32. The summed E-state index contributed by atoms with van der Waals surface area (Å²) in [4.78, 5) is 11.9. The maximum atomic E-state index is 13.5. The smallest absolute Gasteiger partial charge is 0.262 e. The highest BCUT2D eigenvalue weighted by atomic mass is 19.2. The number of amides is 1. The second kappa shape index (κ2) is 6.95. The van der Waals surface area contributed by atoms with E-state index in [0.717, 1.165) is 25.0 Å². The maximum absolute atomic E-state index is 13.5. The molecule has 1 N–H and O–H groups in total. The molecule has 0 saturated carbocycles. The Morgan fingerprint density at radius 3 is 3.00 bits per heavy atom. The topological polar surface area (TPSA) is 62.1 Å². The Morgan fingerprint density at radius 1 is 1.52 bits per heavy atom. The molecular weight excluding hydrogens is 278 g/mol. The van der Waals surface area contributed by atoms with Gasteiger partial charge in [0.15, 0.2) is 11.6 Å². The molecule has 1 amide bonds. The van der Waals surface area contributed by atoms with Crippen molar-refractivity contribution in [2.24, 2.45) is 0 Å². The summed E-state index contributed by atoms with van der Waals surface area (Å²) in [6, 6.07) is 5.26. The maximum Gasteiger partial charge on any atom is 0.262 e. The number of nitrogens with zero attached hydrogens (tertiary/aromatic N) is 1. The van der Waals surface area contributed by atoms with Gasteiger partial charge >= 0.3 is 0 Å². The first-order valence-corrected chi connectivity index (χ1v) is 6.57. The molecule has 6 heteroatoms. The van der Waals surface area contributed by atoms with Crippen LogP contribution in [0.3, 0.4) is 0 Å². The van der Waals surface area contributed by atoms with E-state index in [0.29, 0.717) is 13.2 Å². The standard InChI is InChI=1S/C15H14F2N2O2/c16-13-5-1-3-10(14(13)17)7-11(8-18)15(20)19-9-12-4-2-6-21-12/h1,3,5,7,12H,2,4,6,9H2,(H,19,20)/b11-7+/t12-/m1/s1. The van der Waals surface area contributed by atoms with E-state index in [4.69, 9.17) is 10.00 Å². The van der Waals surface area contributed by atoms with Gasteiger partial charge in [-0.25, -0.2) is 8.78 Å². The monoisotopic (exact) mass is 292 g/mol. The molecule has 1 aromatic carbocycles. The van der Waals surface area contributed by atoms with Gasteiger partial charge in [-0.2, -0.15) is 5.26 Å². The van der Waals surface area contributed by atoms with Crippen LogP contribution < -0.4 is 5.32 Å². The Hall–Kier alpha value is -2.26. The van der Waals surface area contributed by atoms with E-state index in [9.17, 15) is 13.6 Å². The Labute approximate surface area is 121 Å². The zero-order chi connectivity index (χ0) is 15.2. The molecule has 0 unspecified atom stereocenters. The molecule has 21 heavy (non-hydrogen) atoms. The van der Waals surface area contributed by atoms with Gasteiger partial charge in [-0.1, -0.05) is 12.1 Å². The highest BCUT2D eigenvalue weighted by molar-refractivity contribution is 6.01. The third-order valence-electron chi connectivity index (χ3n) is 3.16. The molecule has 1 fully saturated rings. The van der Waals surface area contributed by atoms with Crippen molar-refractivity contribution in [3.8, 4) is 6.07 Å². The van der Waals surface area contributed by atoms with Crippen molar-refractivity contribution in [1.29, 1.82) is 5.26 Å². The van der Waals surface area contributed by atoms with Gasteiger partial charge in [-0.05, 0) is 25.0 Å². The number of carbonyl (C=O) groups is 1. The van der Waals surface area contributed by atoms with E-state index < -0.39 is 17.5 Å². The highest BCUT2D eigenvalue weighted by Crippen LogP contribution is 2.15. The highest BCUT2D eigenvalue weighted by Gasteiger charge is 2.18. The van der Waals surface area contributed by atoms with E-state index in [-0.39, 0.29) is 17.2 Å². The van der Waals surface area contributed by atoms with Gasteiger partial charge in [0.2, 0.25) is 0 Å². The van der Waals surface area contributed by atoms with Crippen molar-refractivity contribution >= 4 is 12.0 Å². The molecule has 0 aromatic heterocycles. The fourth-order valence-electron chi connectivity index (χ4n) is 2.04. The Kier molecular flexibility index (Phi) is 5.01. The quantitative estimate of drug-likeness (QED) is 0.683. The number of halogens is 2. The van der Waals surface area contributed by atoms with Gasteiger partial charge in [0, 0.05) is 18.7 Å². The molecule has 1 aromatic rings. The van der Waals surface area contributed by atoms with Crippen LogP contribution in [0.4, 0.5) is 8.78 Å². The molecule has 2 rings (SSSR count). The number of benzene rings is 1. The molecule has 4 nitrogen and oxygen atoms in total. The predicted octanol–water partition coefficient (Wildman–Crippen LogP) is 2.17. The number of nitriles is 1. The number of carbonyl (C=O) groups excluding carboxylic acids is 1. The van der Waals surface area contributed by atoms with Gasteiger partial charge in [-0.3, -0.25) is 4.79 Å². The average molecular weight is 292 g/mol. The summed E-state index contributed by atoms with van der Waals surface area (Å²) in [6.45, 7) is 0.958. The van der Waals surface area contributed by atoms with Crippen molar-refractivity contribution in [3.63, 3.8) is 0 Å². The summed E-state index contributed by atoms with van der Waals surface area (Å²) in [7, 11) is 0. The zero-order valence-corrected chi connectivity index (χ0v) is 11.2. The van der Waals surface area contributed by atoms with Crippen LogP contribution in [0.2, 0.25) is 0 Å². The predicted molar refractivity (Wildman–Crippen MR) is 71.9 cm³/mol. The van der Waals surface area contributed by atoms with Crippen molar-refractivity contribution in [2.75, 3.05) is 13.2 Å². The second-order valence-electron chi connectivity index (χ2n) is 4.66. The second-order valence-corrected chi connectivity index (χ2v) is 4.66. The van der Waals surface area contributed by atoms with Crippen LogP contribution in [0.1, 0.15) is 18.4 Å². The van der Waals surface area contributed by atoms with Crippen LogP contribution in [0, 0.1) is 23.0 Å². The first-order chi connectivity index (χ1) is 10.1. The normalized spacial score (nSPS) is 18.3. The lowest BCUT2D eigenvalue weighted by molar-refractivity contribution is -0.117. The minimum atomic E-state index is -1.09. The fourth-order valence-corrected chi connectivity index (χ4v) is 2.04. The largest absolute Gasteiger partial charge is 0.376 e. The number of hydrogen-bond acceptors (Lipinski definition) is 3. The zero-order valence-electron chi connectivity index (χ0n) is 11.2. The third-order valence-corrected chi connectivity index (χ3v) is 3.16. The van der Waals surface area contributed by atoms with E-state index in [1.165, 1.54) is 12.1 Å². The summed E-state index contributed by atoms with van der Waals surface area (Å²) >= 11 is 0. The summed E-state index contributed by atoms with van der Waals surface area (Å²) in [5.74, 6) is -2.74. The summed E-state index contributed by atoms with van der Waals surface area (Å²) in [5.41, 5.74) is -0.420. The Bertz CT molecular complexity index is 602. The van der Waals surface area contributed by atoms with Crippen LogP contribution in [0.25, 0.3) is 6.08 Å². The minimum absolute atomic E-state index is 0.0557. The molecule has 1 atom stereocenters. The van der Waals surface area contributed by atoms with Crippen molar-refractivity contribution in [3.05, 3.63) is 41.0 Å². The van der Waals surface area contributed by atoms with Crippen LogP contribution in [-0.4, -0.2) is 25.2 Å². The molecule has 0 aliphatic carbocycles. The molecule has 1 aliphatic heterocycles. The SMILES string of the molecule is N#C/C(=C\c1cccc(F)c1F)C(=O)NC[C@H]1CCCO1. The van der Waals surface area contributed by atoms with Crippen molar-refractivity contribution in [2.45, 2.75) is 18.9 Å². The van der Waals surface area contributed by atoms with Crippen LogP contribution in [0.15, 0.2) is 23.8 Å². The molecule has 0 bridgehead atoms. The van der Waals surface area contributed by atoms with Gasteiger partial charge in [-0.15, -0.1) is 0 Å². The number of rotatable bonds is 4. The Morgan fingerprint density at radius 2 is 2.33 bits per heavy atom. The molecular formula is C15H14F2N2O2. The van der Waals surface area contributed by atoms with Gasteiger partial charge in [0.1, 0.15) is 11.6 Å². The van der Waals surface area contributed by atoms with Crippen molar-refractivity contribution < 1.29 is 18.3 Å². The van der Waals surface area contributed by atoms with E-state index in [1.54, 1.807) is 6.07 Å². The van der Waals surface area contributed by atoms with Crippen LogP contribution in [0.5, 0.6) is 0 Å². The Balaban J connectivity index is 2.07. The first-order valence-electron chi connectivity index (χ1n) is 6.57. The van der Waals surface area contributed by atoms with Crippen LogP contribution >= 0.6 is 0 Å². The average Bonchev–Trinajstić information content (AvgIpc) is 2.99. The minimum Gasteiger partial charge on any atom is -0.376 e. The van der Waals surface area contributed by atoms with E-state index in [2.05, 4.69) is 5.32 Å². The lowest BCUT2D eigenvalue weighted by Gasteiger charge is -2.10. The number of hydrogen-bond donors (Lipinski definition) is 1. The molecule has 0 radical (unpaired) electrons. The summed E-state index contributed by atoms with van der Waals surface area (Å²) < 4.78 is 31.9. The fraction of sp³-hybridized carbons (Fsp3) is 0.333. The van der Waals surface area contributed by atoms with Gasteiger partial charge in [0.05, 0.1) is 6.10 Å². The molecule has 1 aliphatic rings.